The molecule has 106 valence electrons. The van der Waals surface area contributed by atoms with Gasteiger partial charge in [-0.3, -0.25) is 4.79 Å². The molecule has 1 rings (SSSR count). The molecule has 0 amide bonds. The van der Waals surface area contributed by atoms with Crippen LogP contribution in [0, 0.1) is 12.3 Å². The van der Waals surface area contributed by atoms with E-state index in [1.807, 2.05) is 13.8 Å². The minimum atomic E-state index is -0.725. The van der Waals surface area contributed by atoms with Crippen molar-refractivity contribution in [3.05, 3.63) is 35.4 Å². The molecule has 0 saturated heterocycles. The lowest BCUT2D eigenvalue weighted by atomic mass is 9.89. The average molecular weight is 263 g/mol. The van der Waals surface area contributed by atoms with Crippen LogP contribution >= 0.6 is 0 Å². The van der Waals surface area contributed by atoms with Crippen LogP contribution in [0.3, 0.4) is 0 Å². The summed E-state index contributed by atoms with van der Waals surface area (Å²) >= 11 is 0. The van der Waals surface area contributed by atoms with E-state index in [0.29, 0.717) is 0 Å². The summed E-state index contributed by atoms with van der Waals surface area (Å²) in [5, 5.41) is 8.88. The molecule has 19 heavy (non-hydrogen) atoms. The van der Waals surface area contributed by atoms with Crippen molar-refractivity contribution in [3.8, 4) is 0 Å². The number of carboxylic acid groups (broad SMARTS) is 1. The van der Waals surface area contributed by atoms with Crippen molar-refractivity contribution in [1.29, 1.82) is 0 Å². The number of likely N-dealkylation sites (N-methyl/N-ethyl adjacent to an activating group) is 1. The molecule has 0 spiro atoms. The molecule has 0 aliphatic carbocycles. The third kappa shape index (κ3) is 6.39. The van der Waals surface area contributed by atoms with Crippen LogP contribution in [0.4, 0.5) is 0 Å². The summed E-state index contributed by atoms with van der Waals surface area (Å²) in [6.07, 6.45) is 1.21. The van der Waals surface area contributed by atoms with Crippen LogP contribution in [0.25, 0.3) is 0 Å². The third-order valence-corrected chi connectivity index (χ3v) is 3.23. The van der Waals surface area contributed by atoms with E-state index >= 15 is 0 Å². The maximum Gasteiger partial charge on any atom is 0.303 e. The molecule has 0 bridgehead atoms. The van der Waals surface area contributed by atoms with Crippen molar-refractivity contribution in [3.63, 3.8) is 0 Å². The van der Waals surface area contributed by atoms with Crippen LogP contribution in [0.5, 0.6) is 0 Å². The molecular formula is C16H25NO2. The fraction of sp³-hybridized carbons (Fsp3) is 0.562. The van der Waals surface area contributed by atoms with Gasteiger partial charge in [-0.2, -0.15) is 0 Å². The van der Waals surface area contributed by atoms with Crippen molar-refractivity contribution in [2.75, 3.05) is 20.1 Å². The van der Waals surface area contributed by atoms with Gasteiger partial charge in [-0.25, -0.2) is 0 Å². The molecule has 0 aromatic heterocycles. The fourth-order valence-corrected chi connectivity index (χ4v) is 2.35. The number of aryl methyl sites for hydroxylation is 1. The van der Waals surface area contributed by atoms with Crippen molar-refractivity contribution in [1.82, 2.24) is 4.90 Å². The molecule has 0 unspecified atom stereocenters. The highest BCUT2D eigenvalue weighted by atomic mass is 16.4. The van der Waals surface area contributed by atoms with Gasteiger partial charge in [0.25, 0.3) is 0 Å². The fourth-order valence-electron chi connectivity index (χ4n) is 2.35. The molecule has 0 atom stereocenters. The summed E-state index contributed by atoms with van der Waals surface area (Å²) in [7, 11) is 2.05. The summed E-state index contributed by atoms with van der Waals surface area (Å²) in [6, 6.07) is 8.57. The van der Waals surface area contributed by atoms with E-state index in [4.69, 9.17) is 5.11 Å². The topological polar surface area (TPSA) is 40.5 Å². The van der Waals surface area contributed by atoms with Crippen molar-refractivity contribution < 1.29 is 9.90 Å². The van der Waals surface area contributed by atoms with Crippen LogP contribution in [-0.4, -0.2) is 36.1 Å². The first kappa shape index (κ1) is 15.7. The number of rotatable bonds is 7. The lowest BCUT2D eigenvalue weighted by Gasteiger charge is -2.29. The normalized spacial score (nSPS) is 11.8. The standard InChI is InChI=1S/C16H25NO2/c1-13-5-7-14(8-6-13)9-10-17(4)12-16(2,3)11-15(18)19/h5-8H,9-12H2,1-4H3,(H,18,19). The number of benzene rings is 1. The molecule has 0 radical (unpaired) electrons. The quantitative estimate of drug-likeness (QED) is 0.822. The lowest BCUT2D eigenvalue weighted by molar-refractivity contribution is -0.139. The number of aliphatic carboxylic acids is 1. The van der Waals surface area contributed by atoms with Gasteiger partial charge in [-0.15, -0.1) is 0 Å². The zero-order valence-electron chi connectivity index (χ0n) is 12.4. The van der Waals surface area contributed by atoms with E-state index in [1.165, 1.54) is 11.1 Å². The maximum atomic E-state index is 10.8. The molecule has 1 N–H and O–H groups in total. The average Bonchev–Trinajstić information content (AvgIpc) is 2.25. The smallest absolute Gasteiger partial charge is 0.303 e. The van der Waals surface area contributed by atoms with Gasteiger partial charge < -0.3 is 10.0 Å². The Bertz CT molecular complexity index is 409. The molecule has 0 saturated carbocycles. The summed E-state index contributed by atoms with van der Waals surface area (Å²) in [4.78, 5) is 13.0. The second kappa shape index (κ2) is 6.71. The Morgan fingerprint density at radius 3 is 2.37 bits per heavy atom. The molecule has 0 heterocycles. The van der Waals surface area contributed by atoms with E-state index < -0.39 is 5.97 Å². The summed E-state index contributed by atoms with van der Waals surface area (Å²) < 4.78 is 0. The van der Waals surface area contributed by atoms with Gasteiger partial charge in [0.2, 0.25) is 0 Å². The highest BCUT2D eigenvalue weighted by Crippen LogP contribution is 2.21. The number of nitrogens with zero attached hydrogens (tertiary/aromatic N) is 1. The first-order chi connectivity index (χ1) is 8.78. The van der Waals surface area contributed by atoms with Crippen LogP contribution in [-0.2, 0) is 11.2 Å². The monoisotopic (exact) mass is 263 g/mol. The summed E-state index contributed by atoms with van der Waals surface area (Å²) in [6.45, 7) is 7.84. The SMILES string of the molecule is Cc1ccc(CCN(C)CC(C)(C)CC(=O)O)cc1. The highest BCUT2D eigenvalue weighted by molar-refractivity contribution is 5.67. The third-order valence-electron chi connectivity index (χ3n) is 3.23. The van der Waals surface area contributed by atoms with Gasteiger partial charge in [0, 0.05) is 13.1 Å². The Hall–Kier alpha value is -1.35. The second-order valence-electron chi connectivity index (χ2n) is 6.21. The van der Waals surface area contributed by atoms with E-state index in [0.717, 1.165) is 19.5 Å². The summed E-state index contributed by atoms with van der Waals surface area (Å²) in [5.74, 6) is -0.725. The largest absolute Gasteiger partial charge is 0.481 e. The molecule has 3 nitrogen and oxygen atoms in total. The zero-order chi connectivity index (χ0) is 14.5. The van der Waals surface area contributed by atoms with Gasteiger partial charge in [-0.05, 0) is 31.4 Å². The number of hydrogen-bond donors (Lipinski definition) is 1. The molecule has 0 aliphatic rings. The maximum absolute atomic E-state index is 10.8. The Morgan fingerprint density at radius 2 is 1.84 bits per heavy atom. The predicted molar refractivity (Wildman–Crippen MR) is 78.4 cm³/mol. The van der Waals surface area contributed by atoms with Crippen LogP contribution in [0.1, 0.15) is 31.4 Å². The van der Waals surface area contributed by atoms with Crippen molar-refractivity contribution in [2.24, 2.45) is 5.41 Å². The van der Waals surface area contributed by atoms with Crippen LogP contribution < -0.4 is 0 Å². The van der Waals surface area contributed by atoms with E-state index in [1.54, 1.807) is 0 Å². The number of hydrogen-bond acceptors (Lipinski definition) is 2. The van der Waals surface area contributed by atoms with E-state index in [2.05, 4.69) is 43.1 Å². The first-order valence-electron chi connectivity index (χ1n) is 6.74. The number of carboxylic acids is 1. The van der Waals surface area contributed by atoms with Gasteiger partial charge in [0.1, 0.15) is 0 Å². The molecule has 3 heteroatoms. The predicted octanol–water partition coefficient (Wildman–Crippen LogP) is 2.97. The van der Waals surface area contributed by atoms with Crippen LogP contribution in [0.15, 0.2) is 24.3 Å². The van der Waals surface area contributed by atoms with Gasteiger partial charge >= 0.3 is 5.97 Å². The van der Waals surface area contributed by atoms with Crippen LogP contribution in [0.2, 0.25) is 0 Å². The van der Waals surface area contributed by atoms with Gasteiger partial charge in [0.05, 0.1) is 6.42 Å². The molecule has 0 aliphatic heterocycles. The minimum absolute atomic E-state index is 0.187. The Kier molecular flexibility index (Phi) is 5.55. The van der Waals surface area contributed by atoms with Gasteiger partial charge in [0.15, 0.2) is 0 Å². The lowest BCUT2D eigenvalue weighted by Crippen LogP contribution is -2.34. The van der Waals surface area contributed by atoms with Crippen molar-refractivity contribution >= 4 is 5.97 Å². The molecule has 0 fully saturated rings. The Labute approximate surface area is 116 Å². The number of carbonyl (C=O) groups is 1. The highest BCUT2D eigenvalue weighted by Gasteiger charge is 2.23. The van der Waals surface area contributed by atoms with E-state index in [-0.39, 0.29) is 11.8 Å². The van der Waals surface area contributed by atoms with E-state index in [9.17, 15) is 4.79 Å². The molecule has 1 aromatic rings. The minimum Gasteiger partial charge on any atom is -0.481 e. The van der Waals surface area contributed by atoms with Gasteiger partial charge in [-0.1, -0.05) is 43.7 Å². The summed E-state index contributed by atoms with van der Waals surface area (Å²) in [5.41, 5.74) is 2.42. The molecule has 1 aromatic carbocycles. The Balaban J connectivity index is 2.41. The second-order valence-corrected chi connectivity index (χ2v) is 6.21. The molecular weight excluding hydrogens is 238 g/mol. The zero-order valence-corrected chi connectivity index (χ0v) is 12.4. The first-order valence-corrected chi connectivity index (χ1v) is 6.74. The Morgan fingerprint density at radius 1 is 1.26 bits per heavy atom. The van der Waals surface area contributed by atoms with Crippen molar-refractivity contribution in [2.45, 2.75) is 33.6 Å².